The first kappa shape index (κ1) is 29.5. The van der Waals surface area contributed by atoms with Crippen LogP contribution in [0, 0.1) is 0 Å². The number of halogens is 1. The Morgan fingerprint density at radius 2 is 0.679 bits per heavy atom. The molecule has 0 saturated heterocycles. The summed E-state index contributed by atoms with van der Waals surface area (Å²) in [4.78, 5) is 0. The van der Waals surface area contributed by atoms with Crippen LogP contribution in [0.5, 0.6) is 0 Å². The Morgan fingerprint density at radius 3 is 0.821 bits per heavy atom. The van der Waals surface area contributed by atoms with Gasteiger partial charge in [0.05, 0.1) is 0 Å². The van der Waals surface area contributed by atoms with Crippen molar-refractivity contribution < 1.29 is 24.0 Å². The summed E-state index contributed by atoms with van der Waals surface area (Å²) in [5, 5.41) is 0. The number of rotatable bonds is 4. The monoisotopic (exact) mass is 506 g/mol. The fraction of sp³-hybridized carbons (Fsp3) is 0.500. The summed E-state index contributed by atoms with van der Waals surface area (Å²) in [5.41, 5.74) is 22.1. The first-order valence-corrected chi connectivity index (χ1v) is 9.76. The van der Waals surface area contributed by atoms with Gasteiger partial charge in [0.25, 0.3) is 0 Å². The summed E-state index contributed by atoms with van der Waals surface area (Å²) in [7, 11) is 0. The van der Waals surface area contributed by atoms with Crippen molar-refractivity contribution in [2.75, 3.05) is 0 Å². The molecule has 0 radical (unpaired) electrons. The van der Waals surface area contributed by atoms with Gasteiger partial charge < -0.3 is 35.4 Å². The van der Waals surface area contributed by atoms with E-state index in [-0.39, 0.29) is 41.3 Å². The molecule has 28 heavy (non-hydrogen) atoms. The van der Waals surface area contributed by atoms with E-state index in [1.165, 1.54) is 0 Å². The molecule has 2 rings (SSSR count). The maximum absolute atomic E-state index is 8.01. The number of benzene rings is 2. The molecule has 0 bridgehead atoms. The molecule has 4 heteroatoms. The van der Waals surface area contributed by atoms with Gasteiger partial charge in [0, 0.05) is 0 Å². The number of hydrogen-bond donors (Lipinski definition) is 0. The molecule has 0 aliphatic carbocycles. The largest absolute Gasteiger partial charge is 3.00 e. The van der Waals surface area contributed by atoms with Gasteiger partial charge in [0.15, 0.2) is 0 Å². The van der Waals surface area contributed by atoms with Crippen LogP contribution in [-0.4, -0.2) is 17.4 Å². The van der Waals surface area contributed by atoms with Crippen LogP contribution in [0.4, 0.5) is 11.4 Å². The van der Waals surface area contributed by atoms with Crippen LogP contribution < -0.4 is 24.0 Å². The van der Waals surface area contributed by atoms with E-state index in [1.54, 1.807) is 0 Å². The molecule has 0 saturated carbocycles. The Hall–Kier alpha value is -0.698. The van der Waals surface area contributed by atoms with Crippen molar-refractivity contribution in [1.29, 1.82) is 0 Å². The zero-order valence-corrected chi connectivity index (χ0v) is 22.0. The van der Waals surface area contributed by atoms with E-state index < -0.39 is 0 Å². The van der Waals surface area contributed by atoms with E-state index in [0.29, 0.717) is 23.7 Å². The van der Waals surface area contributed by atoms with Crippen LogP contribution in [0.25, 0.3) is 11.5 Å². The van der Waals surface area contributed by atoms with E-state index >= 15 is 0 Å². The normalized spacial score (nSPS) is 10.4. The smallest absolute Gasteiger partial charge is 1.00 e. The molecule has 2 N–H and O–H groups in total. The summed E-state index contributed by atoms with van der Waals surface area (Å²) < 4.78 is 0. The van der Waals surface area contributed by atoms with Gasteiger partial charge in [-0.3, -0.25) is 0 Å². The summed E-state index contributed by atoms with van der Waals surface area (Å²) in [6, 6.07) is 12.3. The van der Waals surface area contributed by atoms with Crippen LogP contribution in [0.1, 0.15) is 101 Å². The maximum atomic E-state index is 8.01. The molecule has 0 aliphatic rings. The van der Waals surface area contributed by atoms with Crippen LogP contribution >= 0.6 is 0 Å². The molecule has 0 aliphatic heterocycles. The molecule has 0 heterocycles. The maximum Gasteiger partial charge on any atom is 3.00 e. The second-order valence-electron chi connectivity index (χ2n) is 8.24. The van der Waals surface area contributed by atoms with Gasteiger partial charge in [0.2, 0.25) is 0 Å². The Kier molecular flexibility index (Phi) is 14.2. The molecule has 0 atom stereocenters. The van der Waals surface area contributed by atoms with Crippen LogP contribution in [0.2, 0.25) is 0 Å². The second kappa shape index (κ2) is 13.5. The zero-order chi connectivity index (χ0) is 20.0. The summed E-state index contributed by atoms with van der Waals surface area (Å²) in [6.45, 7) is 17.1. The third kappa shape index (κ3) is 7.97. The Bertz CT molecular complexity index is 596. The van der Waals surface area contributed by atoms with Gasteiger partial charge in [-0.15, -0.1) is 11.4 Å². The minimum absolute atomic E-state index is 0. The van der Waals surface area contributed by atoms with E-state index in [2.05, 4.69) is 91.8 Å². The average Bonchev–Trinajstić information content (AvgIpc) is 2.54. The standard InChI is InChI=1S/2C12H18N.Al.HI/c2*1-8(2)10-6-5-7-11(9(3)4)12(10)13;;/h2*5-9,13H,1-4H3;;1H/q2*-1;+3;/p-1. The summed E-state index contributed by atoms with van der Waals surface area (Å²) in [5.74, 6) is 1.80. The Balaban J connectivity index is 0. The molecule has 0 aromatic heterocycles. The molecular formula is C24H36AlIN2. The van der Waals surface area contributed by atoms with Crippen LogP contribution in [0.15, 0.2) is 36.4 Å². The fourth-order valence-electron chi connectivity index (χ4n) is 3.10. The van der Waals surface area contributed by atoms with Crippen molar-refractivity contribution in [3.05, 3.63) is 70.1 Å². The first-order valence-electron chi connectivity index (χ1n) is 9.76. The van der Waals surface area contributed by atoms with Gasteiger partial charge in [-0.2, -0.15) is 0 Å². The van der Waals surface area contributed by atoms with Crippen LogP contribution in [-0.2, 0) is 0 Å². The van der Waals surface area contributed by atoms with Gasteiger partial charge in [0.1, 0.15) is 0 Å². The van der Waals surface area contributed by atoms with Crippen molar-refractivity contribution in [2.24, 2.45) is 0 Å². The van der Waals surface area contributed by atoms with Gasteiger partial charge in [-0.05, 0) is 23.7 Å². The van der Waals surface area contributed by atoms with Crippen molar-refractivity contribution >= 4 is 28.7 Å². The number of nitrogens with one attached hydrogen (secondary N) is 2. The van der Waals surface area contributed by atoms with Gasteiger partial charge in [-0.1, -0.05) is 114 Å². The molecule has 0 amide bonds. The topological polar surface area (TPSA) is 47.6 Å². The minimum Gasteiger partial charge on any atom is -1.00 e. The number of hydrogen-bond acceptors (Lipinski definition) is 0. The van der Waals surface area contributed by atoms with E-state index in [1.807, 2.05) is 0 Å². The Morgan fingerprint density at radius 1 is 0.500 bits per heavy atom. The Labute approximate surface area is 201 Å². The van der Waals surface area contributed by atoms with E-state index in [9.17, 15) is 0 Å². The zero-order valence-electron chi connectivity index (χ0n) is 18.7. The van der Waals surface area contributed by atoms with Crippen LogP contribution in [0.3, 0.4) is 0 Å². The first-order chi connectivity index (χ1) is 12.1. The van der Waals surface area contributed by atoms with E-state index in [4.69, 9.17) is 11.5 Å². The minimum atomic E-state index is 0. The van der Waals surface area contributed by atoms with Crippen molar-refractivity contribution in [3.63, 3.8) is 0 Å². The molecule has 0 fully saturated rings. The quantitative estimate of drug-likeness (QED) is 0.369. The third-order valence-corrected chi connectivity index (χ3v) is 4.75. The van der Waals surface area contributed by atoms with Crippen molar-refractivity contribution in [1.82, 2.24) is 0 Å². The third-order valence-electron chi connectivity index (χ3n) is 4.75. The molecule has 2 aromatic rings. The molecule has 0 spiro atoms. The average molecular weight is 506 g/mol. The predicted octanol–water partition coefficient (Wildman–Crippen LogP) is 5.86. The van der Waals surface area contributed by atoms with Crippen molar-refractivity contribution in [3.8, 4) is 0 Å². The molecule has 0 unspecified atom stereocenters. The molecule has 2 nitrogen and oxygen atoms in total. The molecule has 2 aromatic carbocycles. The SMILES string of the molecule is CC(C)c1cccc(C(C)C)c1[NH-].CC(C)c1cccc(C(C)C)c1[NH-].[Al+3].[I-]. The summed E-state index contributed by atoms with van der Waals surface area (Å²) in [6.07, 6.45) is 0. The summed E-state index contributed by atoms with van der Waals surface area (Å²) >= 11 is 0. The second-order valence-corrected chi connectivity index (χ2v) is 8.24. The molecule has 152 valence electrons. The fourth-order valence-corrected chi connectivity index (χ4v) is 3.10. The van der Waals surface area contributed by atoms with E-state index in [0.717, 1.165) is 33.6 Å². The molecular weight excluding hydrogens is 470 g/mol. The van der Waals surface area contributed by atoms with Gasteiger partial charge >= 0.3 is 17.4 Å². The van der Waals surface area contributed by atoms with Gasteiger partial charge in [-0.25, -0.2) is 0 Å². The predicted molar refractivity (Wildman–Crippen MR) is 123 cm³/mol. The van der Waals surface area contributed by atoms with Crippen molar-refractivity contribution in [2.45, 2.75) is 79.1 Å².